The average Bonchev–Trinajstić information content (AvgIpc) is 2.20. The van der Waals surface area contributed by atoms with Gasteiger partial charge in [-0.3, -0.25) is 4.79 Å². The van der Waals surface area contributed by atoms with E-state index in [0.717, 1.165) is 10.9 Å². The lowest BCUT2D eigenvalue weighted by Crippen LogP contribution is -2.45. The lowest BCUT2D eigenvalue weighted by molar-refractivity contribution is -0.120. The topological polar surface area (TPSA) is 29.1 Å². The summed E-state index contributed by atoms with van der Waals surface area (Å²) in [5, 5.41) is 2.89. The van der Waals surface area contributed by atoms with E-state index in [0.29, 0.717) is 0 Å². The molecule has 1 rings (SSSR count). The van der Waals surface area contributed by atoms with Gasteiger partial charge in [-0.2, -0.15) is 0 Å². The normalized spacial score (nSPS) is 11.2. The van der Waals surface area contributed by atoms with Crippen molar-refractivity contribution >= 4 is 33.4 Å². The molecule has 88 valence electrons. The predicted molar refractivity (Wildman–Crippen MR) is 70.8 cm³/mol. The van der Waals surface area contributed by atoms with Crippen molar-refractivity contribution in [2.24, 2.45) is 0 Å². The number of carbonyl (C=O) groups is 1. The zero-order chi connectivity index (χ0) is 12.2. The van der Waals surface area contributed by atoms with E-state index in [-0.39, 0.29) is 17.3 Å². The standard InChI is InChI=1S/C12H15BrClNO/c1-12(2,15-11(16)8-14)7-9-3-5-10(13)6-4-9/h3-6H,7-8H2,1-2H3,(H,15,16). The number of benzene rings is 1. The van der Waals surface area contributed by atoms with E-state index in [1.54, 1.807) is 0 Å². The highest BCUT2D eigenvalue weighted by Crippen LogP contribution is 2.16. The molecular formula is C12H15BrClNO. The van der Waals surface area contributed by atoms with E-state index in [1.165, 1.54) is 5.56 Å². The van der Waals surface area contributed by atoms with E-state index in [9.17, 15) is 4.79 Å². The minimum atomic E-state index is -0.278. The predicted octanol–water partition coefficient (Wildman–Crippen LogP) is 3.13. The van der Waals surface area contributed by atoms with Crippen LogP contribution in [0.4, 0.5) is 0 Å². The summed E-state index contributed by atoms with van der Waals surface area (Å²) >= 11 is 8.85. The second kappa shape index (κ2) is 5.69. The van der Waals surface area contributed by atoms with Crippen molar-refractivity contribution in [2.45, 2.75) is 25.8 Å². The number of hydrogen-bond acceptors (Lipinski definition) is 1. The molecular weight excluding hydrogens is 289 g/mol. The third-order valence-corrected chi connectivity index (χ3v) is 2.93. The maximum Gasteiger partial charge on any atom is 0.235 e. The van der Waals surface area contributed by atoms with Crippen molar-refractivity contribution in [3.05, 3.63) is 34.3 Å². The SMILES string of the molecule is CC(C)(Cc1ccc(Br)cc1)NC(=O)CCl. The molecule has 0 fully saturated rings. The van der Waals surface area contributed by atoms with Gasteiger partial charge < -0.3 is 5.32 Å². The number of nitrogens with one attached hydrogen (secondary N) is 1. The van der Waals surface area contributed by atoms with Gasteiger partial charge in [-0.15, -0.1) is 11.6 Å². The van der Waals surface area contributed by atoms with Gasteiger partial charge in [0.15, 0.2) is 0 Å². The number of rotatable bonds is 4. The molecule has 0 aliphatic heterocycles. The van der Waals surface area contributed by atoms with Gasteiger partial charge in [0.1, 0.15) is 5.88 Å². The molecule has 0 aromatic heterocycles. The zero-order valence-corrected chi connectivity index (χ0v) is 11.7. The van der Waals surface area contributed by atoms with Crippen LogP contribution in [0.3, 0.4) is 0 Å². The van der Waals surface area contributed by atoms with Crippen LogP contribution in [-0.4, -0.2) is 17.3 Å². The van der Waals surface area contributed by atoms with E-state index < -0.39 is 0 Å². The van der Waals surface area contributed by atoms with Gasteiger partial charge in [0, 0.05) is 10.0 Å². The molecule has 2 nitrogen and oxygen atoms in total. The van der Waals surface area contributed by atoms with Crippen molar-refractivity contribution in [3.63, 3.8) is 0 Å². The lowest BCUT2D eigenvalue weighted by Gasteiger charge is -2.26. The Kier molecular flexibility index (Phi) is 4.81. The third-order valence-electron chi connectivity index (χ3n) is 2.16. The Hall–Kier alpha value is -0.540. The zero-order valence-electron chi connectivity index (χ0n) is 9.39. The summed E-state index contributed by atoms with van der Waals surface area (Å²) in [6.45, 7) is 3.97. The molecule has 0 aliphatic rings. The maximum absolute atomic E-state index is 11.2. The highest BCUT2D eigenvalue weighted by atomic mass is 79.9. The first-order chi connectivity index (χ1) is 7.43. The Morgan fingerprint density at radius 2 is 1.94 bits per heavy atom. The van der Waals surface area contributed by atoms with Crippen LogP contribution in [0.5, 0.6) is 0 Å². The molecule has 1 amide bonds. The van der Waals surface area contributed by atoms with Crippen LogP contribution < -0.4 is 5.32 Å². The Bertz CT molecular complexity index is 362. The maximum atomic E-state index is 11.2. The summed E-state index contributed by atoms with van der Waals surface area (Å²) in [5.41, 5.74) is 0.905. The number of hydrogen-bond donors (Lipinski definition) is 1. The number of alkyl halides is 1. The van der Waals surface area contributed by atoms with Gasteiger partial charge in [0.05, 0.1) is 0 Å². The molecule has 4 heteroatoms. The van der Waals surface area contributed by atoms with Crippen molar-refractivity contribution in [1.82, 2.24) is 5.32 Å². The molecule has 0 saturated carbocycles. The Morgan fingerprint density at radius 1 is 1.38 bits per heavy atom. The molecule has 0 heterocycles. The van der Waals surface area contributed by atoms with Crippen molar-refractivity contribution in [1.29, 1.82) is 0 Å². The minimum Gasteiger partial charge on any atom is -0.350 e. The summed E-state index contributed by atoms with van der Waals surface area (Å²) in [6, 6.07) is 8.07. The second-order valence-corrected chi connectivity index (χ2v) is 5.55. The minimum absolute atomic E-state index is 0.00374. The van der Waals surface area contributed by atoms with E-state index in [1.807, 2.05) is 38.1 Å². The van der Waals surface area contributed by atoms with Crippen molar-refractivity contribution in [2.75, 3.05) is 5.88 Å². The van der Waals surface area contributed by atoms with Gasteiger partial charge in [0.2, 0.25) is 5.91 Å². The Morgan fingerprint density at radius 3 is 2.44 bits per heavy atom. The highest BCUT2D eigenvalue weighted by molar-refractivity contribution is 9.10. The largest absolute Gasteiger partial charge is 0.350 e. The molecule has 0 bridgehead atoms. The molecule has 0 radical (unpaired) electrons. The Balaban J connectivity index is 2.64. The van der Waals surface area contributed by atoms with Crippen LogP contribution in [0.25, 0.3) is 0 Å². The molecule has 0 atom stereocenters. The fourth-order valence-electron chi connectivity index (χ4n) is 1.57. The summed E-state index contributed by atoms with van der Waals surface area (Å²) in [6.07, 6.45) is 0.781. The summed E-state index contributed by atoms with van der Waals surface area (Å²) in [7, 11) is 0. The number of carbonyl (C=O) groups excluding carboxylic acids is 1. The number of halogens is 2. The average molecular weight is 305 g/mol. The first kappa shape index (κ1) is 13.5. The van der Waals surface area contributed by atoms with Crippen LogP contribution in [0, 0.1) is 0 Å². The van der Waals surface area contributed by atoms with Gasteiger partial charge in [0.25, 0.3) is 0 Å². The quantitative estimate of drug-likeness (QED) is 0.851. The molecule has 0 saturated heterocycles. The summed E-state index contributed by atoms with van der Waals surface area (Å²) < 4.78 is 1.05. The summed E-state index contributed by atoms with van der Waals surface area (Å²) in [4.78, 5) is 11.2. The van der Waals surface area contributed by atoms with Crippen LogP contribution in [-0.2, 0) is 11.2 Å². The monoisotopic (exact) mass is 303 g/mol. The molecule has 1 N–H and O–H groups in total. The third kappa shape index (κ3) is 4.54. The fourth-order valence-corrected chi connectivity index (χ4v) is 1.90. The van der Waals surface area contributed by atoms with Crippen LogP contribution in [0.15, 0.2) is 28.7 Å². The summed E-state index contributed by atoms with van der Waals surface area (Å²) in [5.74, 6) is -0.132. The fraction of sp³-hybridized carbons (Fsp3) is 0.417. The molecule has 0 aliphatic carbocycles. The van der Waals surface area contributed by atoms with Gasteiger partial charge in [-0.1, -0.05) is 28.1 Å². The molecule has 1 aromatic rings. The van der Waals surface area contributed by atoms with Crippen molar-refractivity contribution < 1.29 is 4.79 Å². The van der Waals surface area contributed by atoms with Crippen molar-refractivity contribution in [3.8, 4) is 0 Å². The highest BCUT2D eigenvalue weighted by Gasteiger charge is 2.20. The van der Waals surface area contributed by atoms with E-state index >= 15 is 0 Å². The number of amides is 1. The molecule has 0 unspecified atom stereocenters. The van der Waals surface area contributed by atoms with Crippen LogP contribution in [0.1, 0.15) is 19.4 Å². The van der Waals surface area contributed by atoms with E-state index in [2.05, 4.69) is 21.2 Å². The molecule has 16 heavy (non-hydrogen) atoms. The van der Waals surface area contributed by atoms with Gasteiger partial charge in [-0.25, -0.2) is 0 Å². The first-order valence-electron chi connectivity index (χ1n) is 5.04. The van der Waals surface area contributed by atoms with Crippen LogP contribution in [0.2, 0.25) is 0 Å². The first-order valence-corrected chi connectivity index (χ1v) is 6.37. The molecule has 1 aromatic carbocycles. The molecule has 0 spiro atoms. The van der Waals surface area contributed by atoms with Crippen LogP contribution >= 0.6 is 27.5 Å². The lowest BCUT2D eigenvalue weighted by atomic mass is 9.95. The van der Waals surface area contributed by atoms with Gasteiger partial charge >= 0.3 is 0 Å². The van der Waals surface area contributed by atoms with E-state index in [4.69, 9.17) is 11.6 Å². The smallest absolute Gasteiger partial charge is 0.235 e. The van der Waals surface area contributed by atoms with Gasteiger partial charge in [-0.05, 0) is 38.0 Å². The Labute approximate surface area is 110 Å². The second-order valence-electron chi connectivity index (χ2n) is 4.37.